The Morgan fingerprint density at radius 2 is 1.83 bits per heavy atom. The lowest BCUT2D eigenvalue weighted by atomic mass is 9.79. The minimum Gasteiger partial charge on any atom is -0.306 e. The summed E-state index contributed by atoms with van der Waals surface area (Å²) in [6.45, 7) is 4.73. The fraction of sp³-hybridized carbons (Fsp3) is 1.00. The molecule has 2 unspecified atom stereocenters. The molecule has 0 amide bonds. The largest absolute Gasteiger partial charge is 0.306 e. The van der Waals surface area contributed by atoms with Crippen LogP contribution in [-0.4, -0.2) is 25.0 Å². The van der Waals surface area contributed by atoms with Gasteiger partial charge in [-0.15, -0.1) is 0 Å². The van der Waals surface area contributed by atoms with E-state index in [2.05, 4.69) is 32.8 Å². The average molecular weight is 169 g/mol. The summed E-state index contributed by atoms with van der Waals surface area (Å²) >= 11 is 0. The van der Waals surface area contributed by atoms with Gasteiger partial charge in [-0.05, 0) is 38.8 Å². The van der Waals surface area contributed by atoms with Crippen molar-refractivity contribution in [2.75, 3.05) is 14.1 Å². The van der Waals surface area contributed by atoms with Gasteiger partial charge in [0.15, 0.2) is 0 Å². The molecule has 0 aromatic rings. The van der Waals surface area contributed by atoms with Gasteiger partial charge >= 0.3 is 0 Å². The number of hydrogen-bond acceptors (Lipinski definition) is 1. The minimum absolute atomic E-state index is 0.853. The molecule has 1 nitrogen and oxygen atoms in total. The summed E-state index contributed by atoms with van der Waals surface area (Å²) in [6.07, 6.45) is 5.73. The Morgan fingerprint density at radius 3 is 2.33 bits per heavy atom. The molecule has 0 aromatic heterocycles. The lowest BCUT2D eigenvalue weighted by molar-refractivity contribution is 0.159. The molecule has 1 aliphatic carbocycles. The van der Waals surface area contributed by atoms with Crippen LogP contribution in [0.5, 0.6) is 0 Å². The van der Waals surface area contributed by atoms with E-state index in [1.807, 2.05) is 0 Å². The molecule has 0 heterocycles. The Kier molecular flexibility index (Phi) is 3.57. The van der Waals surface area contributed by atoms with E-state index >= 15 is 0 Å². The van der Waals surface area contributed by atoms with Gasteiger partial charge in [-0.25, -0.2) is 0 Å². The Bertz CT molecular complexity index is 115. The third-order valence-electron chi connectivity index (χ3n) is 3.36. The fourth-order valence-electron chi connectivity index (χ4n) is 2.28. The third-order valence-corrected chi connectivity index (χ3v) is 3.36. The molecule has 1 aliphatic rings. The van der Waals surface area contributed by atoms with E-state index in [-0.39, 0.29) is 0 Å². The molecule has 0 N–H and O–H groups in total. The normalized spacial score (nSPS) is 31.5. The summed E-state index contributed by atoms with van der Waals surface area (Å²) in [5, 5.41) is 0. The van der Waals surface area contributed by atoms with Crippen LogP contribution in [-0.2, 0) is 0 Å². The highest BCUT2D eigenvalue weighted by Gasteiger charge is 2.24. The van der Waals surface area contributed by atoms with E-state index in [1.54, 1.807) is 0 Å². The van der Waals surface area contributed by atoms with Gasteiger partial charge in [-0.2, -0.15) is 0 Å². The number of hydrogen-bond donors (Lipinski definition) is 0. The van der Waals surface area contributed by atoms with Crippen LogP contribution in [0.4, 0.5) is 0 Å². The first-order chi connectivity index (χ1) is 5.61. The molecule has 1 saturated carbocycles. The van der Waals surface area contributed by atoms with Crippen LogP contribution in [0.25, 0.3) is 0 Å². The van der Waals surface area contributed by atoms with Gasteiger partial charge in [-0.3, -0.25) is 0 Å². The molecule has 0 aliphatic heterocycles. The first kappa shape index (κ1) is 10.0. The molecule has 0 aromatic carbocycles. The van der Waals surface area contributed by atoms with Crippen molar-refractivity contribution in [1.29, 1.82) is 0 Å². The molecular weight excluding hydrogens is 146 g/mol. The van der Waals surface area contributed by atoms with Crippen molar-refractivity contribution in [3.63, 3.8) is 0 Å². The van der Waals surface area contributed by atoms with Gasteiger partial charge in [-0.1, -0.05) is 26.7 Å². The second-order valence-corrected chi connectivity index (χ2v) is 4.79. The van der Waals surface area contributed by atoms with Crippen molar-refractivity contribution in [2.45, 2.75) is 45.6 Å². The van der Waals surface area contributed by atoms with Gasteiger partial charge in [0.2, 0.25) is 0 Å². The van der Waals surface area contributed by atoms with Crippen LogP contribution in [0, 0.1) is 11.8 Å². The molecule has 2 atom stereocenters. The Morgan fingerprint density at radius 1 is 1.17 bits per heavy atom. The minimum atomic E-state index is 0.853. The van der Waals surface area contributed by atoms with Gasteiger partial charge in [0, 0.05) is 6.04 Å². The summed E-state index contributed by atoms with van der Waals surface area (Å²) in [5.74, 6) is 1.86. The molecular formula is C11H23N. The predicted molar refractivity (Wildman–Crippen MR) is 54.3 cm³/mol. The summed E-state index contributed by atoms with van der Waals surface area (Å²) < 4.78 is 0. The highest BCUT2D eigenvalue weighted by atomic mass is 15.1. The van der Waals surface area contributed by atoms with E-state index < -0.39 is 0 Å². The summed E-state index contributed by atoms with van der Waals surface area (Å²) in [5.41, 5.74) is 0. The first-order valence-corrected chi connectivity index (χ1v) is 5.27. The molecule has 0 spiro atoms. The predicted octanol–water partition coefficient (Wildman–Crippen LogP) is 2.76. The maximum absolute atomic E-state index is 2.40. The SMILES string of the molecule is CC(C)C1CCCC(N(C)C)C1. The maximum Gasteiger partial charge on any atom is 0.00919 e. The highest BCUT2D eigenvalue weighted by Crippen LogP contribution is 2.31. The second kappa shape index (κ2) is 4.27. The molecule has 72 valence electrons. The Hall–Kier alpha value is -0.0400. The van der Waals surface area contributed by atoms with Crippen LogP contribution in [0.2, 0.25) is 0 Å². The van der Waals surface area contributed by atoms with Crippen LogP contribution in [0.1, 0.15) is 39.5 Å². The van der Waals surface area contributed by atoms with Crippen LogP contribution in [0.15, 0.2) is 0 Å². The number of rotatable bonds is 2. The van der Waals surface area contributed by atoms with Crippen LogP contribution in [0.3, 0.4) is 0 Å². The van der Waals surface area contributed by atoms with Crippen molar-refractivity contribution in [3.8, 4) is 0 Å². The van der Waals surface area contributed by atoms with Crippen molar-refractivity contribution in [2.24, 2.45) is 11.8 Å². The zero-order valence-corrected chi connectivity index (χ0v) is 9.01. The van der Waals surface area contributed by atoms with E-state index in [4.69, 9.17) is 0 Å². The zero-order valence-electron chi connectivity index (χ0n) is 9.01. The molecule has 0 saturated heterocycles. The Labute approximate surface area is 77.1 Å². The maximum atomic E-state index is 2.40. The van der Waals surface area contributed by atoms with Crippen LogP contribution >= 0.6 is 0 Å². The topological polar surface area (TPSA) is 3.24 Å². The fourth-order valence-corrected chi connectivity index (χ4v) is 2.28. The molecule has 1 rings (SSSR count). The van der Waals surface area contributed by atoms with E-state index in [1.165, 1.54) is 25.7 Å². The molecule has 12 heavy (non-hydrogen) atoms. The monoisotopic (exact) mass is 169 g/mol. The second-order valence-electron chi connectivity index (χ2n) is 4.79. The average Bonchev–Trinajstić information content (AvgIpc) is 2.04. The first-order valence-electron chi connectivity index (χ1n) is 5.27. The summed E-state index contributed by atoms with van der Waals surface area (Å²) in [4.78, 5) is 2.40. The zero-order chi connectivity index (χ0) is 9.14. The Balaban J connectivity index is 2.40. The van der Waals surface area contributed by atoms with Crippen molar-refractivity contribution in [3.05, 3.63) is 0 Å². The quantitative estimate of drug-likeness (QED) is 0.614. The van der Waals surface area contributed by atoms with Crippen molar-refractivity contribution >= 4 is 0 Å². The third kappa shape index (κ3) is 2.48. The van der Waals surface area contributed by atoms with Crippen molar-refractivity contribution < 1.29 is 0 Å². The summed E-state index contributed by atoms with van der Waals surface area (Å²) in [6, 6.07) is 0.853. The standard InChI is InChI=1S/C11H23N/c1-9(2)10-6-5-7-11(8-10)12(3)4/h9-11H,5-8H2,1-4H3. The summed E-state index contributed by atoms with van der Waals surface area (Å²) in [7, 11) is 4.43. The van der Waals surface area contributed by atoms with Gasteiger partial charge in [0.25, 0.3) is 0 Å². The van der Waals surface area contributed by atoms with E-state index in [0.717, 1.165) is 17.9 Å². The van der Waals surface area contributed by atoms with Gasteiger partial charge in [0.05, 0.1) is 0 Å². The highest BCUT2D eigenvalue weighted by molar-refractivity contribution is 4.78. The van der Waals surface area contributed by atoms with Crippen molar-refractivity contribution in [1.82, 2.24) is 4.90 Å². The van der Waals surface area contributed by atoms with E-state index in [0.29, 0.717) is 0 Å². The molecule has 1 fully saturated rings. The molecule has 0 bridgehead atoms. The lowest BCUT2D eigenvalue weighted by Crippen LogP contribution is -2.34. The van der Waals surface area contributed by atoms with E-state index in [9.17, 15) is 0 Å². The van der Waals surface area contributed by atoms with Gasteiger partial charge in [0.1, 0.15) is 0 Å². The lowest BCUT2D eigenvalue weighted by Gasteiger charge is -2.35. The molecule has 0 radical (unpaired) electrons. The van der Waals surface area contributed by atoms with Crippen LogP contribution < -0.4 is 0 Å². The molecule has 1 heteroatoms. The number of nitrogens with zero attached hydrogens (tertiary/aromatic N) is 1. The van der Waals surface area contributed by atoms with Gasteiger partial charge < -0.3 is 4.90 Å². The smallest absolute Gasteiger partial charge is 0.00919 e.